The average Bonchev–Trinajstić information content (AvgIpc) is 3.14. The summed E-state index contributed by atoms with van der Waals surface area (Å²) in [7, 11) is 0. The average molecular weight is 361 g/mol. The van der Waals surface area contributed by atoms with Crippen molar-refractivity contribution < 1.29 is 9.13 Å². The van der Waals surface area contributed by atoms with Gasteiger partial charge in [0.2, 0.25) is 5.90 Å². The number of benzene rings is 2. The summed E-state index contributed by atoms with van der Waals surface area (Å²) in [5.74, 6) is 0.594. The maximum absolute atomic E-state index is 14.8. The van der Waals surface area contributed by atoms with Crippen LogP contribution in [0.4, 0.5) is 4.39 Å². The van der Waals surface area contributed by atoms with Crippen molar-refractivity contribution in [2.75, 3.05) is 0 Å². The first kappa shape index (κ1) is 17.7. The van der Waals surface area contributed by atoms with E-state index in [4.69, 9.17) is 9.73 Å². The van der Waals surface area contributed by atoms with E-state index in [1.165, 1.54) is 0 Å². The maximum Gasteiger partial charge on any atom is 0.216 e. The number of allylic oxidation sites excluding steroid dienone is 3. The van der Waals surface area contributed by atoms with Gasteiger partial charge in [-0.05, 0) is 17.0 Å². The van der Waals surface area contributed by atoms with Crippen LogP contribution in [0.5, 0.6) is 0 Å². The molecule has 0 saturated heterocycles. The Kier molecular flexibility index (Phi) is 4.93. The van der Waals surface area contributed by atoms with Gasteiger partial charge in [0.05, 0.1) is 5.57 Å². The Morgan fingerprint density at radius 2 is 1.59 bits per heavy atom. The van der Waals surface area contributed by atoms with Crippen LogP contribution in [-0.2, 0) is 4.74 Å². The van der Waals surface area contributed by atoms with Crippen molar-refractivity contribution in [3.63, 3.8) is 0 Å². The van der Waals surface area contributed by atoms with Crippen LogP contribution in [0.1, 0.15) is 43.5 Å². The molecule has 27 heavy (non-hydrogen) atoms. The molecule has 4 rings (SSSR count). The third-order valence-electron chi connectivity index (χ3n) is 5.27. The summed E-state index contributed by atoms with van der Waals surface area (Å²) in [6, 6.07) is 20.0. The lowest BCUT2D eigenvalue weighted by Gasteiger charge is -2.25. The van der Waals surface area contributed by atoms with E-state index in [1.807, 2.05) is 54.6 Å². The molecule has 0 fully saturated rings. The molecule has 0 radical (unpaired) electrons. The molecule has 0 bridgehead atoms. The van der Waals surface area contributed by atoms with Crippen LogP contribution in [0.25, 0.3) is 0 Å². The minimum Gasteiger partial charge on any atom is -0.467 e. The van der Waals surface area contributed by atoms with Crippen molar-refractivity contribution in [1.82, 2.24) is 0 Å². The van der Waals surface area contributed by atoms with Crippen LogP contribution in [0.2, 0.25) is 0 Å². The van der Waals surface area contributed by atoms with Crippen LogP contribution in [0.3, 0.4) is 0 Å². The van der Waals surface area contributed by atoms with Crippen LogP contribution in [0, 0.1) is 11.8 Å². The van der Waals surface area contributed by atoms with Crippen molar-refractivity contribution in [3.8, 4) is 0 Å². The third kappa shape index (κ3) is 3.46. The highest BCUT2D eigenvalue weighted by atomic mass is 19.1. The van der Waals surface area contributed by atoms with Crippen LogP contribution >= 0.6 is 0 Å². The van der Waals surface area contributed by atoms with Crippen LogP contribution < -0.4 is 0 Å². The molecule has 1 aliphatic carbocycles. The molecule has 0 amide bonds. The smallest absolute Gasteiger partial charge is 0.216 e. The predicted octanol–water partition coefficient (Wildman–Crippen LogP) is 6.35. The van der Waals surface area contributed by atoms with Gasteiger partial charge in [0.15, 0.2) is 6.10 Å². The topological polar surface area (TPSA) is 21.6 Å². The van der Waals surface area contributed by atoms with E-state index in [2.05, 4.69) is 32.1 Å². The van der Waals surface area contributed by atoms with E-state index in [9.17, 15) is 4.39 Å². The van der Waals surface area contributed by atoms with Gasteiger partial charge in [-0.25, -0.2) is 9.38 Å². The first-order valence-electron chi connectivity index (χ1n) is 9.55. The molecule has 2 nitrogen and oxygen atoms in total. The SMILES string of the molecule is CC(C)[C@@H]1C=CCC(F)=C1C1=N[C@H](c2ccccc2)[C@@H](c2ccccc2)O1. The van der Waals surface area contributed by atoms with E-state index in [-0.39, 0.29) is 29.8 Å². The maximum atomic E-state index is 14.8. The number of rotatable bonds is 4. The molecule has 3 atom stereocenters. The minimum absolute atomic E-state index is 0.0107. The second kappa shape index (κ2) is 7.51. The van der Waals surface area contributed by atoms with E-state index in [0.29, 0.717) is 17.9 Å². The predicted molar refractivity (Wildman–Crippen MR) is 107 cm³/mol. The molecule has 2 aromatic carbocycles. The van der Waals surface area contributed by atoms with Crippen molar-refractivity contribution >= 4 is 5.90 Å². The molecule has 0 aromatic heterocycles. The van der Waals surface area contributed by atoms with Gasteiger partial charge in [-0.3, -0.25) is 0 Å². The highest BCUT2D eigenvalue weighted by Gasteiger charge is 2.38. The van der Waals surface area contributed by atoms with Gasteiger partial charge in [0.1, 0.15) is 11.9 Å². The Hall–Kier alpha value is -2.68. The molecular formula is C24H24FNO. The van der Waals surface area contributed by atoms with Crippen molar-refractivity contribution in [1.29, 1.82) is 0 Å². The zero-order chi connectivity index (χ0) is 18.8. The number of aliphatic imine (C=N–C) groups is 1. The van der Waals surface area contributed by atoms with Crippen molar-refractivity contribution in [2.24, 2.45) is 16.8 Å². The van der Waals surface area contributed by atoms with Crippen molar-refractivity contribution in [3.05, 3.63) is 95.3 Å². The summed E-state index contributed by atoms with van der Waals surface area (Å²) in [6.07, 6.45) is 4.06. The molecule has 1 heterocycles. The summed E-state index contributed by atoms with van der Waals surface area (Å²) in [5.41, 5.74) is 2.75. The lowest BCUT2D eigenvalue weighted by Crippen LogP contribution is -2.21. The summed E-state index contributed by atoms with van der Waals surface area (Å²) in [5, 5.41) is 0. The molecule has 138 valence electrons. The zero-order valence-corrected chi connectivity index (χ0v) is 15.7. The van der Waals surface area contributed by atoms with Gasteiger partial charge in [0.25, 0.3) is 0 Å². The lowest BCUT2D eigenvalue weighted by atomic mass is 9.84. The number of nitrogens with zero attached hydrogens (tertiary/aromatic N) is 1. The second-order valence-corrected chi connectivity index (χ2v) is 7.46. The van der Waals surface area contributed by atoms with Gasteiger partial charge in [-0.1, -0.05) is 86.7 Å². The monoisotopic (exact) mass is 361 g/mol. The van der Waals surface area contributed by atoms with Gasteiger partial charge in [-0.15, -0.1) is 0 Å². The summed E-state index contributed by atoms with van der Waals surface area (Å²) in [6.45, 7) is 4.21. The first-order chi connectivity index (χ1) is 13.1. The zero-order valence-electron chi connectivity index (χ0n) is 15.7. The van der Waals surface area contributed by atoms with E-state index < -0.39 is 0 Å². The Bertz CT molecular complexity index is 883. The van der Waals surface area contributed by atoms with Gasteiger partial charge >= 0.3 is 0 Å². The summed E-state index contributed by atoms with van der Waals surface area (Å²) < 4.78 is 21.2. The number of halogens is 1. The molecule has 0 spiro atoms. The van der Waals surface area contributed by atoms with E-state index >= 15 is 0 Å². The molecule has 2 aliphatic rings. The Morgan fingerprint density at radius 1 is 0.963 bits per heavy atom. The fraction of sp³-hybridized carbons (Fsp3) is 0.292. The van der Waals surface area contributed by atoms with E-state index in [0.717, 1.165) is 11.1 Å². The fourth-order valence-electron chi connectivity index (χ4n) is 3.85. The molecule has 1 aliphatic heterocycles. The second-order valence-electron chi connectivity index (χ2n) is 7.46. The number of hydrogen-bond acceptors (Lipinski definition) is 2. The largest absolute Gasteiger partial charge is 0.467 e. The normalized spacial score (nSPS) is 24.9. The van der Waals surface area contributed by atoms with Gasteiger partial charge in [-0.2, -0.15) is 0 Å². The number of ether oxygens (including phenoxy) is 1. The molecule has 3 heteroatoms. The molecular weight excluding hydrogens is 337 g/mol. The molecule has 0 saturated carbocycles. The van der Waals surface area contributed by atoms with Crippen LogP contribution in [-0.4, -0.2) is 5.90 Å². The molecule has 0 N–H and O–H groups in total. The highest BCUT2D eigenvalue weighted by molar-refractivity contribution is 5.96. The minimum atomic E-state index is -0.248. The highest BCUT2D eigenvalue weighted by Crippen LogP contribution is 2.44. The van der Waals surface area contributed by atoms with Crippen molar-refractivity contribution in [2.45, 2.75) is 32.4 Å². The summed E-state index contributed by atoms with van der Waals surface area (Å²) in [4.78, 5) is 4.89. The van der Waals surface area contributed by atoms with Crippen LogP contribution in [0.15, 0.2) is 89.2 Å². The van der Waals surface area contributed by atoms with E-state index in [1.54, 1.807) is 0 Å². The Balaban J connectivity index is 1.76. The Morgan fingerprint density at radius 3 is 2.22 bits per heavy atom. The standard InChI is InChI=1S/C24H24FNO/c1-16(2)19-14-9-15-20(25)21(19)24-26-22(17-10-5-3-6-11-17)23(27-24)18-12-7-4-8-13-18/h3-14,16,19,22-23H,15H2,1-2H3/t19-,22+,23+/m0/s1. The summed E-state index contributed by atoms with van der Waals surface area (Å²) >= 11 is 0. The third-order valence-corrected chi connectivity index (χ3v) is 5.27. The lowest BCUT2D eigenvalue weighted by molar-refractivity contribution is 0.194. The number of hydrogen-bond donors (Lipinski definition) is 0. The molecule has 0 unspecified atom stereocenters. The van der Waals surface area contributed by atoms with Gasteiger partial charge in [0, 0.05) is 12.3 Å². The fourth-order valence-corrected chi connectivity index (χ4v) is 3.85. The quantitative estimate of drug-likeness (QED) is 0.581. The molecule has 2 aromatic rings. The first-order valence-corrected chi connectivity index (χ1v) is 9.55. The van der Waals surface area contributed by atoms with Gasteiger partial charge < -0.3 is 4.74 Å². The Labute approximate surface area is 160 Å².